The first-order valence-corrected chi connectivity index (χ1v) is 6.46. The lowest BCUT2D eigenvalue weighted by Gasteiger charge is -2.07. The Labute approximate surface area is 116 Å². The summed E-state index contributed by atoms with van der Waals surface area (Å²) in [5, 5.41) is 7.24. The predicted molar refractivity (Wildman–Crippen MR) is 78.7 cm³/mol. The van der Waals surface area contributed by atoms with Crippen LogP contribution in [0, 0.1) is 0 Å². The van der Waals surface area contributed by atoms with E-state index in [2.05, 4.69) is 20.8 Å². The number of pyridine rings is 1. The van der Waals surface area contributed by atoms with Gasteiger partial charge < -0.3 is 5.32 Å². The molecule has 3 rings (SSSR count). The van der Waals surface area contributed by atoms with Crippen molar-refractivity contribution in [3.63, 3.8) is 0 Å². The highest BCUT2D eigenvalue weighted by atomic mass is 16.1. The van der Waals surface area contributed by atoms with Crippen molar-refractivity contribution in [1.29, 1.82) is 0 Å². The minimum Gasteiger partial charge on any atom is -0.324 e. The van der Waals surface area contributed by atoms with Crippen molar-refractivity contribution >= 4 is 23.0 Å². The number of benzene rings is 1. The van der Waals surface area contributed by atoms with Crippen LogP contribution in [0.15, 0.2) is 53.8 Å². The van der Waals surface area contributed by atoms with E-state index in [1.807, 2.05) is 36.4 Å². The Bertz CT molecular complexity index is 652. The van der Waals surface area contributed by atoms with Gasteiger partial charge in [-0.05, 0) is 24.3 Å². The summed E-state index contributed by atoms with van der Waals surface area (Å²) in [5.74, 6) is -0.0100. The molecule has 5 nitrogen and oxygen atoms in total. The van der Waals surface area contributed by atoms with Gasteiger partial charge in [0.05, 0.1) is 17.1 Å². The average molecular weight is 266 g/mol. The fourth-order valence-corrected chi connectivity index (χ4v) is 2.05. The molecule has 2 N–H and O–H groups in total. The van der Waals surface area contributed by atoms with E-state index in [1.54, 1.807) is 12.3 Å². The number of carbonyl (C=O) groups is 1. The number of carbonyl (C=O) groups excluding carboxylic acids is 1. The van der Waals surface area contributed by atoms with Gasteiger partial charge in [0, 0.05) is 19.0 Å². The zero-order chi connectivity index (χ0) is 13.8. The Morgan fingerprint density at radius 2 is 1.95 bits per heavy atom. The number of aromatic nitrogens is 1. The van der Waals surface area contributed by atoms with E-state index in [0.29, 0.717) is 18.5 Å². The molecule has 0 fully saturated rings. The number of anilines is 2. The number of amides is 1. The second kappa shape index (κ2) is 5.52. The molecule has 0 saturated heterocycles. The number of para-hydroxylation sites is 1. The maximum atomic E-state index is 11.7. The molecule has 1 aromatic heterocycles. The molecular formula is C15H14N4O. The Balaban J connectivity index is 1.91. The molecule has 0 radical (unpaired) electrons. The molecular weight excluding hydrogens is 252 g/mol. The van der Waals surface area contributed by atoms with Crippen molar-refractivity contribution in [1.82, 2.24) is 4.98 Å². The minimum atomic E-state index is -0.0100. The zero-order valence-electron chi connectivity index (χ0n) is 10.8. The van der Waals surface area contributed by atoms with E-state index < -0.39 is 0 Å². The molecule has 0 atom stereocenters. The molecule has 5 heteroatoms. The molecule has 1 aromatic carbocycles. The first-order valence-electron chi connectivity index (χ1n) is 6.46. The Hall–Kier alpha value is -2.69. The van der Waals surface area contributed by atoms with Crippen LogP contribution in [-0.2, 0) is 4.79 Å². The lowest BCUT2D eigenvalue weighted by Crippen LogP contribution is -2.09. The summed E-state index contributed by atoms with van der Waals surface area (Å²) < 4.78 is 0. The number of hydrazone groups is 1. The van der Waals surface area contributed by atoms with Gasteiger partial charge >= 0.3 is 0 Å². The van der Waals surface area contributed by atoms with Gasteiger partial charge in [-0.25, -0.2) is 0 Å². The third kappa shape index (κ3) is 2.66. The van der Waals surface area contributed by atoms with Crippen molar-refractivity contribution < 1.29 is 4.79 Å². The number of hydrogen-bond acceptors (Lipinski definition) is 4. The van der Waals surface area contributed by atoms with Gasteiger partial charge in [0.2, 0.25) is 5.91 Å². The van der Waals surface area contributed by atoms with Crippen LogP contribution in [0.1, 0.15) is 18.5 Å². The van der Waals surface area contributed by atoms with E-state index in [9.17, 15) is 4.79 Å². The largest absolute Gasteiger partial charge is 0.324 e. The maximum Gasteiger partial charge on any atom is 0.224 e. The number of nitrogens with one attached hydrogen (secondary N) is 2. The second-order valence-electron chi connectivity index (χ2n) is 4.48. The third-order valence-electron chi connectivity index (χ3n) is 3.04. The number of fused-ring (bicyclic) bond motifs is 1. The zero-order valence-corrected chi connectivity index (χ0v) is 10.8. The van der Waals surface area contributed by atoms with Gasteiger partial charge in [-0.2, -0.15) is 5.10 Å². The van der Waals surface area contributed by atoms with E-state index in [4.69, 9.17) is 0 Å². The molecule has 0 unspecified atom stereocenters. The molecule has 0 saturated carbocycles. The van der Waals surface area contributed by atoms with Gasteiger partial charge in [0.25, 0.3) is 0 Å². The van der Waals surface area contributed by atoms with E-state index in [-0.39, 0.29) is 5.91 Å². The molecule has 100 valence electrons. The monoisotopic (exact) mass is 266 g/mol. The van der Waals surface area contributed by atoms with Crippen LogP contribution < -0.4 is 10.7 Å². The SMILES string of the molecule is O=C1CC/C(=N\Nc2ccccc2)c2ncccc2N1. The first kappa shape index (κ1) is 12.3. The molecule has 20 heavy (non-hydrogen) atoms. The highest BCUT2D eigenvalue weighted by molar-refractivity contribution is 6.10. The number of rotatable bonds is 2. The van der Waals surface area contributed by atoms with E-state index >= 15 is 0 Å². The van der Waals surface area contributed by atoms with Crippen molar-refractivity contribution in [3.05, 3.63) is 54.4 Å². The molecule has 1 aliphatic heterocycles. The van der Waals surface area contributed by atoms with Crippen LogP contribution in [0.25, 0.3) is 0 Å². The summed E-state index contributed by atoms with van der Waals surface area (Å²) in [7, 11) is 0. The van der Waals surface area contributed by atoms with Crippen molar-refractivity contribution in [2.45, 2.75) is 12.8 Å². The Morgan fingerprint density at radius 3 is 2.80 bits per heavy atom. The summed E-state index contributed by atoms with van der Waals surface area (Å²) in [6, 6.07) is 13.3. The Morgan fingerprint density at radius 1 is 1.10 bits per heavy atom. The number of nitrogens with zero attached hydrogens (tertiary/aromatic N) is 2. The average Bonchev–Trinajstić information content (AvgIpc) is 2.65. The highest BCUT2D eigenvalue weighted by Gasteiger charge is 2.18. The molecule has 2 aromatic rings. The number of hydrogen-bond donors (Lipinski definition) is 2. The quantitative estimate of drug-likeness (QED) is 0.821. The fourth-order valence-electron chi connectivity index (χ4n) is 2.05. The van der Waals surface area contributed by atoms with Gasteiger partial charge in [-0.3, -0.25) is 15.2 Å². The summed E-state index contributed by atoms with van der Waals surface area (Å²) in [6.45, 7) is 0. The van der Waals surface area contributed by atoms with Gasteiger partial charge in [0.1, 0.15) is 5.69 Å². The summed E-state index contributed by atoms with van der Waals surface area (Å²) in [4.78, 5) is 16.0. The summed E-state index contributed by atoms with van der Waals surface area (Å²) in [5.41, 5.74) is 6.13. The molecule has 0 bridgehead atoms. The molecule has 0 aliphatic carbocycles. The van der Waals surface area contributed by atoms with Crippen LogP contribution in [0.3, 0.4) is 0 Å². The van der Waals surface area contributed by atoms with Gasteiger partial charge in [0.15, 0.2) is 0 Å². The smallest absolute Gasteiger partial charge is 0.224 e. The predicted octanol–water partition coefficient (Wildman–Crippen LogP) is 2.63. The van der Waals surface area contributed by atoms with E-state index in [1.165, 1.54) is 0 Å². The maximum absolute atomic E-state index is 11.7. The minimum absolute atomic E-state index is 0.0100. The molecule has 1 aliphatic rings. The van der Waals surface area contributed by atoms with E-state index in [0.717, 1.165) is 17.1 Å². The first-order chi connectivity index (χ1) is 9.83. The second-order valence-corrected chi connectivity index (χ2v) is 4.48. The highest BCUT2D eigenvalue weighted by Crippen LogP contribution is 2.20. The van der Waals surface area contributed by atoms with Crippen LogP contribution in [-0.4, -0.2) is 16.6 Å². The van der Waals surface area contributed by atoms with Crippen LogP contribution in [0.4, 0.5) is 11.4 Å². The van der Waals surface area contributed by atoms with Gasteiger partial charge in [-0.1, -0.05) is 18.2 Å². The van der Waals surface area contributed by atoms with Crippen LogP contribution in [0.2, 0.25) is 0 Å². The van der Waals surface area contributed by atoms with Crippen molar-refractivity contribution in [2.24, 2.45) is 5.10 Å². The molecule has 0 spiro atoms. The lowest BCUT2D eigenvalue weighted by molar-refractivity contribution is -0.116. The standard InChI is InChI=1S/C15H14N4O/c20-14-9-8-13(15-12(17-14)7-4-10-16-15)19-18-11-5-2-1-3-6-11/h1-7,10,18H,8-9H2,(H,17,20)/b19-13+. The van der Waals surface area contributed by atoms with Gasteiger partial charge in [-0.15, -0.1) is 0 Å². The topological polar surface area (TPSA) is 66.4 Å². The van der Waals surface area contributed by atoms with Crippen molar-refractivity contribution in [2.75, 3.05) is 10.7 Å². The fraction of sp³-hybridized carbons (Fsp3) is 0.133. The van der Waals surface area contributed by atoms with Crippen molar-refractivity contribution in [3.8, 4) is 0 Å². The molecule has 1 amide bonds. The normalized spacial score (nSPS) is 16.2. The van der Waals surface area contributed by atoms with Crippen LogP contribution >= 0.6 is 0 Å². The lowest BCUT2D eigenvalue weighted by atomic mass is 10.1. The summed E-state index contributed by atoms with van der Waals surface area (Å²) in [6.07, 6.45) is 2.68. The summed E-state index contributed by atoms with van der Waals surface area (Å²) >= 11 is 0. The third-order valence-corrected chi connectivity index (χ3v) is 3.04. The Kier molecular flexibility index (Phi) is 3.41. The van der Waals surface area contributed by atoms with Crippen LogP contribution in [0.5, 0.6) is 0 Å². The molecule has 2 heterocycles.